The van der Waals surface area contributed by atoms with E-state index in [1.54, 1.807) is 29.8 Å². The lowest BCUT2D eigenvalue weighted by molar-refractivity contribution is 0.278. The van der Waals surface area contributed by atoms with Gasteiger partial charge in [-0.15, -0.1) is 0 Å². The highest BCUT2D eigenvalue weighted by atomic mass is 35.5. The van der Waals surface area contributed by atoms with Gasteiger partial charge in [-0.25, -0.2) is 9.97 Å². The first-order chi connectivity index (χ1) is 15.5. The van der Waals surface area contributed by atoms with Crippen molar-refractivity contribution in [3.05, 3.63) is 66.2 Å². The van der Waals surface area contributed by atoms with E-state index in [0.717, 1.165) is 27.5 Å². The number of ether oxygens (including phenoxy) is 1. The number of anilines is 2. The van der Waals surface area contributed by atoms with E-state index in [4.69, 9.17) is 16.3 Å². The summed E-state index contributed by atoms with van der Waals surface area (Å²) in [5.74, 6) is 1.95. The maximum atomic E-state index is 10.0. The molecule has 0 fully saturated rings. The molecule has 0 saturated heterocycles. The summed E-state index contributed by atoms with van der Waals surface area (Å²) in [6.45, 7) is 0.465. The van der Waals surface area contributed by atoms with Crippen LogP contribution in [0.2, 0.25) is 5.02 Å². The first-order valence-electron chi connectivity index (χ1n) is 9.96. The van der Waals surface area contributed by atoms with Gasteiger partial charge < -0.3 is 29.4 Å². The number of fused-ring (bicyclic) bond motifs is 2. The number of hydrogen-bond acceptors (Lipinski definition) is 6. The molecule has 5 rings (SSSR count). The van der Waals surface area contributed by atoms with Crippen LogP contribution >= 0.6 is 11.6 Å². The van der Waals surface area contributed by atoms with Gasteiger partial charge in [-0.1, -0.05) is 11.6 Å². The number of rotatable bonds is 6. The van der Waals surface area contributed by atoms with Crippen molar-refractivity contribution in [2.75, 3.05) is 11.9 Å². The fraction of sp³-hybridized carbons (Fsp3) is 0.130. The summed E-state index contributed by atoms with van der Waals surface area (Å²) in [7, 11) is 1.78. The van der Waals surface area contributed by atoms with Crippen molar-refractivity contribution in [3.63, 3.8) is 0 Å². The summed E-state index contributed by atoms with van der Waals surface area (Å²) in [5, 5.41) is 24.7. The van der Waals surface area contributed by atoms with Crippen molar-refractivity contribution >= 4 is 44.9 Å². The largest absolute Gasteiger partial charge is 0.494 e. The van der Waals surface area contributed by atoms with Gasteiger partial charge in [0.05, 0.1) is 17.1 Å². The van der Waals surface area contributed by atoms with Crippen molar-refractivity contribution in [2.45, 2.75) is 6.54 Å². The second-order valence-corrected chi connectivity index (χ2v) is 7.78. The Morgan fingerprint density at radius 1 is 1.12 bits per heavy atom. The van der Waals surface area contributed by atoms with Crippen LogP contribution in [0.15, 0.2) is 61.2 Å². The molecule has 0 aliphatic carbocycles. The molecule has 3 N–H and O–H groups in total. The van der Waals surface area contributed by atoms with Crippen LogP contribution in [-0.2, 0) is 13.6 Å². The van der Waals surface area contributed by atoms with Crippen molar-refractivity contribution in [3.8, 4) is 17.4 Å². The fourth-order valence-electron chi connectivity index (χ4n) is 3.72. The fourth-order valence-corrected chi connectivity index (χ4v) is 3.94. The van der Waals surface area contributed by atoms with E-state index in [9.17, 15) is 10.2 Å². The maximum Gasteiger partial charge on any atom is 0.198 e. The zero-order valence-corrected chi connectivity index (χ0v) is 17.9. The molecule has 3 heterocycles. The summed E-state index contributed by atoms with van der Waals surface area (Å²) in [4.78, 5) is 8.63. The summed E-state index contributed by atoms with van der Waals surface area (Å²) >= 11 is 6.49. The maximum absolute atomic E-state index is 10.0. The van der Waals surface area contributed by atoms with Gasteiger partial charge in [0.15, 0.2) is 11.7 Å². The van der Waals surface area contributed by atoms with Gasteiger partial charge in [0.2, 0.25) is 0 Å². The normalized spacial score (nSPS) is 11.3. The van der Waals surface area contributed by atoms with E-state index in [1.807, 2.05) is 41.2 Å². The van der Waals surface area contributed by atoms with Crippen LogP contribution in [0.3, 0.4) is 0 Å². The van der Waals surface area contributed by atoms with Gasteiger partial charge in [-0.05, 0) is 42.5 Å². The first-order valence-corrected chi connectivity index (χ1v) is 10.3. The number of benzene rings is 2. The standard InChI is InChI=1S/C23H20ClN5O3/c1-28-12-14-10-16(3-4-17(14)23(28)31)32-20-5-2-15(11-18(20)24)27-22-21-19(25-13-26-22)6-7-29(21)8-9-30/h2-7,10-13,30-31H,8-9H2,1H3,(H,25,26,27). The van der Waals surface area contributed by atoms with Gasteiger partial charge in [0.1, 0.15) is 23.3 Å². The molecule has 0 spiro atoms. The lowest BCUT2D eigenvalue weighted by Gasteiger charge is -2.12. The highest BCUT2D eigenvalue weighted by Gasteiger charge is 2.12. The Balaban J connectivity index is 1.40. The van der Waals surface area contributed by atoms with Crippen LogP contribution in [0.25, 0.3) is 21.8 Å². The molecule has 0 amide bonds. The van der Waals surface area contributed by atoms with Gasteiger partial charge in [-0.2, -0.15) is 0 Å². The molecule has 0 unspecified atom stereocenters. The lowest BCUT2D eigenvalue weighted by Crippen LogP contribution is -2.04. The third kappa shape index (κ3) is 3.59. The molecule has 5 aromatic rings. The van der Waals surface area contributed by atoms with E-state index in [1.165, 1.54) is 6.33 Å². The molecule has 2 aromatic carbocycles. The van der Waals surface area contributed by atoms with Crippen molar-refractivity contribution in [1.29, 1.82) is 0 Å². The number of aromatic nitrogens is 4. The SMILES string of the molecule is Cn1cc2cc(Oc3ccc(Nc4ncnc5ccn(CCO)c45)cc3Cl)ccc2c1O. The predicted octanol–water partition coefficient (Wildman–Crippen LogP) is 4.81. The quantitative estimate of drug-likeness (QED) is 0.344. The average Bonchev–Trinajstić information content (AvgIpc) is 3.31. The summed E-state index contributed by atoms with van der Waals surface area (Å²) < 4.78 is 9.53. The monoisotopic (exact) mass is 449 g/mol. The molecule has 3 aromatic heterocycles. The van der Waals surface area contributed by atoms with E-state index in [0.29, 0.717) is 28.9 Å². The molecule has 0 atom stereocenters. The van der Waals surface area contributed by atoms with Crippen LogP contribution < -0.4 is 10.1 Å². The summed E-state index contributed by atoms with van der Waals surface area (Å²) in [5.41, 5.74) is 2.32. The molecule has 0 saturated carbocycles. The van der Waals surface area contributed by atoms with E-state index < -0.39 is 0 Å². The number of hydrogen-bond donors (Lipinski definition) is 3. The Hall–Kier alpha value is -3.75. The zero-order valence-electron chi connectivity index (χ0n) is 17.2. The Kier molecular flexibility index (Phi) is 5.08. The minimum atomic E-state index is 0.0182. The number of nitrogens with one attached hydrogen (secondary N) is 1. The topological polar surface area (TPSA) is 97.4 Å². The molecule has 0 radical (unpaired) electrons. The number of aliphatic hydroxyl groups excluding tert-OH is 1. The Morgan fingerprint density at radius 2 is 2.00 bits per heavy atom. The third-order valence-corrected chi connectivity index (χ3v) is 5.54. The second kappa shape index (κ2) is 8.07. The predicted molar refractivity (Wildman–Crippen MR) is 124 cm³/mol. The molecule has 0 aliphatic rings. The van der Waals surface area contributed by atoms with Gasteiger partial charge in [0.25, 0.3) is 0 Å². The molecule has 8 nitrogen and oxygen atoms in total. The Morgan fingerprint density at radius 3 is 2.81 bits per heavy atom. The number of aliphatic hydroxyl groups is 1. The van der Waals surface area contributed by atoms with Gasteiger partial charge >= 0.3 is 0 Å². The number of aromatic hydroxyl groups is 1. The molecular formula is C23H20ClN5O3. The molecule has 9 heteroatoms. The molecule has 32 heavy (non-hydrogen) atoms. The lowest BCUT2D eigenvalue weighted by atomic mass is 10.2. The van der Waals surface area contributed by atoms with E-state index in [-0.39, 0.29) is 12.5 Å². The highest BCUT2D eigenvalue weighted by molar-refractivity contribution is 6.32. The molecule has 162 valence electrons. The van der Waals surface area contributed by atoms with Crippen LogP contribution in [-0.4, -0.2) is 35.9 Å². The van der Waals surface area contributed by atoms with Crippen LogP contribution in [0.5, 0.6) is 17.4 Å². The second-order valence-electron chi connectivity index (χ2n) is 7.37. The van der Waals surface area contributed by atoms with Gasteiger partial charge in [0, 0.05) is 42.4 Å². The molecule has 0 bridgehead atoms. The van der Waals surface area contributed by atoms with E-state index in [2.05, 4.69) is 15.3 Å². The van der Waals surface area contributed by atoms with Crippen molar-refractivity contribution < 1.29 is 14.9 Å². The number of aryl methyl sites for hydroxylation is 1. The zero-order chi connectivity index (χ0) is 22.2. The summed E-state index contributed by atoms with van der Waals surface area (Å²) in [6.07, 6.45) is 5.19. The smallest absolute Gasteiger partial charge is 0.198 e. The highest BCUT2D eigenvalue weighted by Crippen LogP contribution is 2.35. The minimum absolute atomic E-state index is 0.0182. The van der Waals surface area contributed by atoms with Crippen molar-refractivity contribution in [1.82, 2.24) is 19.1 Å². The number of nitrogens with zero attached hydrogens (tertiary/aromatic N) is 4. The molecular weight excluding hydrogens is 430 g/mol. The van der Waals surface area contributed by atoms with Crippen molar-refractivity contribution in [2.24, 2.45) is 7.05 Å². The summed E-state index contributed by atoms with van der Waals surface area (Å²) in [6, 6.07) is 12.7. The first kappa shape index (κ1) is 20.2. The van der Waals surface area contributed by atoms with Crippen LogP contribution in [0.1, 0.15) is 0 Å². The van der Waals surface area contributed by atoms with Gasteiger partial charge in [-0.3, -0.25) is 0 Å². The van der Waals surface area contributed by atoms with Crippen LogP contribution in [0.4, 0.5) is 11.5 Å². The number of halogens is 1. The Labute approximate surface area is 188 Å². The minimum Gasteiger partial charge on any atom is -0.494 e. The van der Waals surface area contributed by atoms with E-state index >= 15 is 0 Å². The molecule has 0 aliphatic heterocycles. The third-order valence-electron chi connectivity index (χ3n) is 5.24. The Bertz CT molecular complexity index is 1440. The average molecular weight is 450 g/mol. The van der Waals surface area contributed by atoms with Crippen LogP contribution in [0, 0.1) is 0 Å².